The molecule has 0 saturated carbocycles. The highest BCUT2D eigenvalue weighted by atomic mass is 32.1. The zero-order valence-corrected chi connectivity index (χ0v) is 21.3. The summed E-state index contributed by atoms with van der Waals surface area (Å²) in [5, 5.41) is 11.3. The first-order chi connectivity index (χ1) is 17.8. The van der Waals surface area contributed by atoms with Crippen molar-refractivity contribution in [1.29, 1.82) is 0 Å². The number of carbonyl (C=O) groups is 3. The minimum absolute atomic E-state index is 0.0491. The highest BCUT2D eigenvalue weighted by Gasteiger charge is 2.48. The third-order valence-corrected chi connectivity index (χ3v) is 7.00. The van der Waals surface area contributed by atoms with Gasteiger partial charge in [-0.2, -0.15) is 0 Å². The summed E-state index contributed by atoms with van der Waals surface area (Å²) in [7, 11) is 1.22. The van der Waals surface area contributed by atoms with E-state index in [4.69, 9.17) is 9.47 Å². The van der Waals surface area contributed by atoms with Crippen molar-refractivity contribution in [3.05, 3.63) is 81.6 Å². The van der Waals surface area contributed by atoms with Gasteiger partial charge >= 0.3 is 11.9 Å². The molecule has 2 aromatic carbocycles. The molecule has 1 aliphatic heterocycles. The lowest BCUT2D eigenvalue weighted by Gasteiger charge is -2.23. The number of thiazole rings is 1. The molecule has 1 aliphatic rings. The van der Waals surface area contributed by atoms with Gasteiger partial charge in [0, 0.05) is 5.56 Å². The van der Waals surface area contributed by atoms with Crippen LogP contribution in [0, 0.1) is 12.7 Å². The van der Waals surface area contributed by atoms with E-state index in [1.165, 1.54) is 25.3 Å². The van der Waals surface area contributed by atoms with E-state index in [-0.39, 0.29) is 26.7 Å². The number of anilines is 1. The van der Waals surface area contributed by atoms with E-state index >= 15 is 0 Å². The highest BCUT2D eigenvalue weighted by Crippen LogP contribution is 2.44. The van der Waals surface area contributed by atoms with Gasteiger partial charge in [-0.1, -0.05) is 36.8 Å². The van der Waals surface area contributed by atoms with E-state index in [0.717, 1.165) is 29.1 Å². The summed E-state index contributed by atoms with van der Waals surface area (Å²) in [5.41, 5.74) is 0.633. The number of halogens is 1. The van der Waals surface area contributed by atoms with Crippen LogP contribution in [0.1, 0.15) is 52.3 Å². The molecule has 1 fully saturated rings. The number of aliphatic hydroxyl groups excluding tert-OH is 1. The van der Waals surface area contributed by atoms with Crippen molar-refractivity contribution in [3.63, 3.8) is 0 Å². The summed E-state index contributed by atoms with van der Waals surface area (Å²) in [6.07, 6.45) is 1.88. The molecule has 2 heterocycles. The number of hydrogen-bond donors (Lipinski definition) is 1. The standard InChI is InChI=1S/C27H25FN2O6S/c1-4-5-13-36-19-11-9-16(10-12-19)22(31)20-21(17-7-6-8-18(28)14-17)30(25(33)23(20)32)27-29-15(2)24(37-27)26(34)35-3/h6-12,14,21,31H,4-5,13H2,1-3H3/b22-20-. The Morgan fingerprint density at radius 3 is 2.57 bits per heavy atom. The first kappa shape index (κ1) is 26.0. The maximum absolute atomic E-state index is 14.2. The van der Waals surface area contributed by atoms with Crippen LogP contribution in [0.3, 0.4) is 0 Å². The highest BCUT2D eigenvalue weighted by molar-refractivity contribution is 7.17. The SMILES string of the molecule is CCCCOc1ccc(/C(O)=C2/C(=O)C(=O)N(c3nc(C)c(C(=O)OC)s3)C2c2cccc(F)c2)cc1. The number of benzene rings is 2. The number of aromatic nitrogens is 1. The van der Waals surface area contributed by atoms with Crippen LogP contribution in [-0.4, -0.2) is 41.5 Å². The number of ether oxygens (including phenoxy) is 2. The quantitative estimate of drug-likeness (QED) is 0.142. The number of hydrogen-bond acceptors (Lipinski definition) is 8. The van der Waals surface area contributed by atoms with Crippen LogP contribution in [0.4, 0.5) is 9.52 Å². The number of aryl methyl sites for hydroxylation is 1. The third-order valence-electron chi connectivity index (χ3n) is 5.87. The second-order valence-corrected chi connectivity index (χ2v) is 9.33. The lowest BCUT2D eigenvalue weighted by Crippen LogP contribution is -2.29. The van der Waals surface area contributed by atoms with Gasteiger partial charge in [0.05, 0.1) is 31.0 Å². The second kappa shape index (κ2) is 10.9. The molecular formula is C27H25FN2O6S. The summed E-state index contributed by atoms with van der Waals surface area (Å²) < 4.78 is 24.7. The topological polar surface area (TPSA) is 106 Å². The van der Waals surface area contributed by atoms with Crippen molar-refractivity contribution < 1.29 is 33.4 Å². The minimum Gasteiger partial charge on any atom is -0.507 e. The van der Waals surface area contributed by atoms with Gasteiger partial charge in [-0.15, -0.1) is 0 Å². The molecule has 1 amide bonds. The Hall–Kier alpha value is -4.05. The fourth-order valence-corrected chi connectivity index (χ4v) is 5.00. The number of Topliss-reactive ketones (excluding diaryl/α,β-unsaturated/α-hetero) is 1. The summed E-state index contributed by atoms with van der Waals surface area (Å²) >= 11 is 0.871. The number of ketones is 1. The number of carbonyl (C=O) groups excluding carboxylic acids is 3. The average Bonchev–Trinajstić information content (AvgIpc) is 3.40. The van der Waals surface area contributed by atoms with Crippen molar-refractivity contribution in [2.24, 2.45) is 0 Å². The van der Waals surface area contributed by atoms with Crippen LogP contribution in [0.2, 0.25) is 0 Å². The Bertz CT molecular complexity index is 1380. The van der Waals surface area contributed by atoms with E-state index in [9.17, 15) is 23.9 Å². The summed E-state index contributed by atoms with van der Waals surface area (Å²) in [5.74, 6) is -2.95. The number of aliphatic hydroxyl groups is 1. The summed E-state index contributed by atoms with van der Waals surface area (Å²) in [6.45, 7) is 4.18. The van der Waals surface area contributed by atoms with Crippen LogP contribution in [0.5, 0.6) is 5.75 Å². The van der Waals surface area contributed by atoms with E-state index in [1.54, 1.807) is 37.3 Å². The average molecular weight is 525 g/mol. The first-order valence-electron chi connectivity index (χ1n) is 11.6. The largest absolute Gasteiger partial charge is 0.507 e. The molecule has 0 spiro atoms. The van der Waals surface area contributed by atoms with Crippen molar-refractivity contribution in [2.45, 2.75) is 32.7 Å². The van der Waals surface area contributed by atoms with Gasteiger partial charge in [-0.25, -0.2) is 14.2 Å². The van der Waals surface area contributed by atoms with Crippen LogP contribution in [0.15, 0.2) is 54.1 Å². The normalized spacial score (nSPS) is 16.8. The molecule has 1 aromatic heterocycles. The van der Waals surface area contributed by atoms with Crippen molar-refractivity contribution in [2.75, 3.05) is 18.6 Å². The van der Waals surface area contributed by atoms with E-state index in [0.29, 0.717) is 18.1 Å². The molecule has 4 rings (SSSR count). The molecule has 3 aromatic rings. The number of methoxy groups -OCH3 is 1. The predicted octanol–water partition coefficient (Wildman–Crippen LogP) is 5.18. The number of rotatable bonds is 8. The maximum atomic E-state index is 14.2. The van der Waals surface area contributed by atoms with E-state index in [1.807, 2.05) is 0 Å². The number of amides is 1. The lowest BCUT2D eigenvalue weighted by atomic mass is 9.95. The van der Waals surface area contributed by atoms with Crippen LogP contribution < -0.4 is 9.64 Å². The predicted molar refractivity (Wildman–Crippen MR) is 136 cm³/mol. The van der Waals surface area contributed by atoms with Gasteiger partial charge in [0.1, 0.15) is 22.2 Å². The Morgan fingerprint density at radius 2 is 1.92 bits per heavy atom. The number of nitrogens with zero attached hydrogens (tertiary/aromatic N) is 2. The lowest BCUT2D eigenvalue weighted by molar-refractivity contribution is -0.132. The monoisotopic (exact) mass is 524 g/mol. The van der Waals surface area contributed by atoms with Crippen LogP contribution in [0.25, 0.3) is 5.76 Å². The molecule has 192 valence electrons. The van der Waals surface area contributed by atoms with Crippen molar-refractivity contribution in [1.82, 2.24) is 4.98 Å². The Kier molecular flexibility index (Phi) is 7.68. The van der Waals surface area contributed by atoms with Gasteiger partial charge in [-0.3, -0.25) is 14.5 Å². The minimum atomic E-state index is -1.17. The fourth-order valence-electron chi connectivity index (χ4n) is 3.99. The van der Waals surface area contributed by atoms with Gasteiger partial charge in [0.15, 0.2) is 5.13 Å². The molecule has 10 heteroatoms. The molecule has 0 bridgehead atoms. The van der Waals surface area contributed by atoms with Crippen molar-refractivity contribution >= 4 is 39.9 Å². The second-order valence-electron chi connectivity index (χ2n) is 8.35. The molecule has 0 radical (unpaired) electrons. The smallest absolute Gasteiger partial charge is 0.350 e. The maximum Gasteiger partial charge on any atom is 0.350 e. The zero-order valence-electron chi connectivity index (χ0n) is 20.5. The molecule has 1 N–H and O–H groups in total. The van der Waals surface area contributed by atoms with Crippen LogP contribution in [-0.2, 0) is 14.3 Å². The molecular weight excluding hydrogens is 499 g/mol. The van der Waals surface area contributed by atoms with E-state index in [2.05, 4.69) is 11.9 Å². The third kappa shape index (κ3) is 5.10. The van der Waals surface area contributed by atoms with Gasteiger partial charge in [-0.05, 0) is 55.3 Å². The number of esters is 1. The van der Waals surface area contributed by atoms with Gasteiger partial charge < -0.3 is 14.6 Å². The van der Waals surface area contributed by atoms with Crippen LogP contribution >= 0.6 is 11.3 Å². The molecule has 0 aliphatic carbocycles. The molecule has 8 nitrogen and oxygen atoms in total. The Labute approximate surface area is 217 Å². The Balaban J connectivity index is 1.82. The van der Waals surface area contributed by atoms with Crippen molar-refractivity contribution in [3.8, 4) is 5.75 Å². The summed E-state index contributed by atoms with van der Waals surface area (Å²) in [6, 6.07) is 10.7. The van der Waals surface area contributed by atoms with Gasteiger partial charge in [0.25, 0.3) is 5.78 Å². The summed E-state index contributed by atoms with van der Waals surface area (Å²) in [4.78, 5) is 44.2. The molecule has 1 atom stereocenters. The zero-order chi connectivity index (χ0) is 26.7. The Morgan fingerprint density at radius 1 is 1.19 bits per heavy atom. The number of unbranched alkanes of at least 4 members (excludes halogenated alkanes) is 1. The molecule has 1 saturated heterocycles. The fraction of sp³-hybridized carbons (Fsp3) is 0.259. The van der Waals surface area contributed by atoms with Gasteiger partial charge in [0.2, 0.25) is 0 Å². The van der Waals surface area contributed by atoms with E-state index < -0.39 is 35.3 Å². The first-order valence-corrected chi connectivity index (χ1v) is 12.4. The molecule has 37 heavy (non-hydrogen) atoms. The molecule has 1 unspecified atom stereocenters.